The molecule has 1 amide bonds. The predicted octanol–water partition coefficient (Wildman–Crippen LogP) is 1.88. The molecule has 1 spiro atoms. The normalized spacial score (nSPS) is 31.1. The maximum Gasteiger partial charge on any atom is 0.243 e. The summed E-state index contributed by atoms with van der Waals surface area (Å²) >= 11 is 0. The van der Waals surface area contributed by atoms with Gasteiger partial charge in [0.2, 0.25) is 5.91 Å². The Labute approximate surface area is 97.6 Å². The molecule has 3 heteroatoms. The second-order valence-corrected chi connectivity index (χ2v) is 6.29. The number of rotatable bonds is 2. The van der Waals surface area contributed by atoms with Gasteiger partial charge in [0.15, 0.2) is 0 Å². The minimum Gasteiger partial charge on any atom is -0.328 e. The summed E-state index contributed by atoms with van der Waals surface area (Å²) in [4.78, 5) is 14.5. The Bertz CT molecular complexity index is 303. The van der Waals surface area contributed by atoms with Gasteiger partial charge in [-0.25, -0.2) is 0 Å². The second-order valence-electron chi connectivity index (χ2n) is 6.29. The molecule has 0 aromatic carbocycles. The van der Waals surface area contributed by atoms with Gasteiger partial charge in [-0.2, -0.15) is 0 Å². The van der Waals surface area contributed by atoms with Crippen LogP contribution in [-0.4, -0.2) is 29.6 Å². The first-order valence-electron chi connectivity index (χ1n) is 6.68. The molecule has 2 saturated carbocycles. The third-order valence-electron chi connectivity index (χ3n) is 4.90. The topological polar surface area (TPSA) is 32.3 Å². The van der Waals surface area contributed by atoms with Crippen molar-refractivity contribution >= 4 is 5.91 Å². The number of nitrogens with zero attached hydrogens (tertiary/aromatic N) is 1. The Morgan fingerprint density at radius 3 is 2.44 bits per heavy atom. The molecule has 2 aliphatic carbocycles. The fourth-order valence-corrected chi connectivity index (χ4v) is 3.59. The fraction of sp³-hybridized carbons (Fsp3) is 0.923. The molecule has 0 atom stereocenters. The van der Waals surface area contributed by atoms with Gasteiger partial charge in [-0.15, -0.1) is 0 Å². The number of hydrogen-bond acceptors (Lipinski definition) is 2. The second kappa shape index (κ2) is 3.46. The Morgan fingerprint density at radius 1 is 1.19 bits per heavy atom. The molecule has 3 rings (SSSR count). The Morgan fingerprint density at radius 2 is 1.88 bits per heavy atom. The highest BCUT2D eigenvalue weighted by molar-refractivity contribution is 5.88. The van der Waals surface area contributed by atoms with Crippen molar-refractivity contribution in [3.05, 3.63) is 0 Å². The van der Waals surface area contributed by atoms with Crippen LogP contribution in [0.2, 0.25) is 0 Å². The lowest BCUT2D eigenvalue weighted by Gasteiger charge is -2.41. The van der Waals surface area contributed by atoms with Crippen molar-refractivity contribution in [3.8, 4) is 0 Å². The van der Waals surface area contributed by atoms with E-state index in [1.54, 1.807) is 0 Å². The van der Waals surface area contributed by atoms with Crippen LogP contribution < -0.4 is 5.32 Å². The summed E-state index contributed by atoms with van der Waals surface area (Å²) < 4.78 is 0. The summed E-state index contributed by atoms with van der Waals surface area (Å²) in [6, 6.07) is 0. The molecule has 1 saturated heterocycles. The van der Waals surface area contributed by atoms with E-state index in [2.05, 4.69) is 17.1 Å². The molecule has 3 aliphatic rings. The summed E-state index contributed by atoms with van der Waals surface area (Å²) in [6.45, 7) is 4.08. The van der Waals surface area contributed by atoms with E-state index in [1.165, 1.54) is 32.1 Å². The first-order valence-corrected chi connectivity index (χ1v) is 6.68. The third-order valence-corrected chi connectivity index (χ3v) is 4.90. The van der Waals surface area contributed by atoms with E-state index in [0.29, 0.717) is 11.3 Å². The number of nitrogens with one attached hydrogen (secondary N) is 1. The predicted molar refractivity (Wildman–Crippen MR) is 62.9 cm³/mol. The van der Waals surface area contributed by atoms with Crippen molar-refractivity contribution in [1.29, 1.82) is 0 Å². The number of carbonyl (C=O) groups excluding carboxylic acids is 1. The maximum absolute atomic E-state index is 12.4. The van der Waals surface area contributed by atoms with Gasteiger partial charge in [0.25, 0.3) is 0 Å². The van der Waals surface area contributed by atoms with Gasteiger partial charge in [-0.1, -0.05) is 26.2 Å². The summed E-state index contributed by atoms with van der Waals surface area (Å²) in [5, 5.41) is 3.48. The molecular weight excluding hydrogens is 200 g/mol. The maximum atomic E-state index is 12.4. The molecule has 1 N–H and O–H groups in total. The third kappa shape index (κ3) is 1.48. The lowest BCUT2D eigenvalue weighted by Crippen LogP contribution is -2.46. The van der Waals surface area contributed by atoms with Crippen molar-refractivity contribution < 1.29 is 4.79 Å². The zero-order valence-electron chi connectivity index (χ0n) is 10.2. The Kier molecular flexibility index (Phi) is 2.29. The largest absolute Gasteiger partial charge is 0.328 e. The van der Waals surface area contributed by atoms with E-state index in [0.717, 1.165) is 26.1 Å². The monoisotopic (exact) mass is 222 g/mol. The Balaban J connectivity index is 1.68. The SMILES string of the molecule is CC1(CN2CNC3(CCCC3)C2=O)CCC1. The zero-order valence-corrected chi connectivity index (χ0v) is 10.2. The molecule has 3 fully saturated rings. The molecule has 90 valence electrons. The molecule has 1 heterocycles. The Hall–Kier alpha value is -0.570. The lowest BCUT2D eigenvalue weighted by atomic mass is 9.70. The highest BCUT2D eigenvalue weighted by Gasteiger charge is 2.49. The number of hydrogen-bond donors (Lipinski definition) is 1. The van der Waals surface area contributed by atoms with Crippen LogP contribution in [0.3, 0.4) is 0 Å². The van der Waals surface area contributed by atoms with Crippen molar-refractivity contribution in [2.24, 2.45) is 5.41 Å². The van der Waals surface area contributed by atoms with Crippen molar-refractivity contribution in [1.82, 2.24) is 10.2 Å². The van der Waals surface area contributed by atoms with Crippen LogP contribution in [0.1, 0.15) is 51.9 Å². The van der Waals surface area contributed by atoms with E-state index in [4.69, 9.17) is 0 Å². The molecule has 0 bridgehead atoms. The molecule has 0 aromatic heterocycles. The molecule has 16 heavy (non-hydrogen) atoms. The number of carbonyl (C=O) groups is 1. The van der Waals surface area contributed by atoms with Gasteiger partial charge in [0.1, 0.15) is 0 Å². The zero-order chi connectivity index (χ0) is 11.2. The van der Waals surface area contributed by atoms with E-state index < -0.39 is 0 Å². The van der Waals surface area contributed by atoms with Gasteiger partial charge in [0.05, 0.1) is 12.2 Å². The van der Waals surface area contributed by atoms with Crippen LogP contribution in [0.5, 0.6) is 0 Å². The van der Waals surface area contributed by atoms with Gasteiger partial charge < -0.3 is 4.90 Å². The van der Waals surface area contributed by atoms with Crippen LogP contribution in [0.4, 0.5) is 0 Å². The molecular formula is C13H22N2O. The highest BCUT2D eigenvalue weighted by Crippen LogP contribution is 2.42. The average Bonchev–Trinajstić information content (AvgIpc) is 2.80. The van der Waals surface area contributed by atoms with Crippen molar-refractivity contribution in [2.75, 3.05) is 13.2 Å². The van der Waals surface area contributed by atoms with Gasteiger partial charge >= 0.3 is 0 Å². The molecule has 0 unspecified atom stereocenters. The summed E-state index contributed by atoms with van der Waals surface area (Å²) in [7, 11) is 0. The lowest BCUT2D eigenvalue weighted by molar-refractivity contribution is -0.134. The summed E-state index contributed by atoms with van der Waals surface area (Å²) in [6.07, 6.45) is 8.47. The molecule has 0 aromatic rings. The van der Waals surface area contributed by atoms with Crippen molar-refractivity contribution in [3.63, 3.8) is 0 Å². The minimum atomic E-state index is -0.153. The highest BCUT2D eigenvalue weighted by atomic mass is 16.2. The van der Waals surface area contributed by atoms with E-state index in [9.17, 15) is 4.79 Å². The molecule has 0 radical (unpaired) electrons. The van der Waals surface area contributed by atoms with Gasteiger partial charge in [-0.05, 0) is 31.1 Å². The van der Waals surface area contributed by atoms with E-state index in [1.807, 2.05) is 0 Å². The van der Waals surface area contributed by atoms with Crippen LogP contribution in [0.15, 0.2) is 0 Å². The van der Waals surface area contributed by atoms with E-state index >= 15 is 0 Å². The van der Waals surface area contributed by atoms with Crippen LogP contribution in [0, 0.1) is 5.41 Å². The minimum absolute atomic E-state index is 0.153. The van der Waals surface area contributed by atoms with Crippen LogP contribution >= 0.6 is 0 Å². The number of amides is 1. The van der Waals surface area contributed by atoms with Gasteiger partial charge in [-0.3, -0.25) is 10.1 Å². The molecule has 3 nitrogen and oxygen atoms in total. The average molecular weight is 222 g/mol. The smallest absolute Gasteiger partial charge is 0.243 e. The fourth-order valence-electron chi connectivity index (χ4n) is 3.59. The quantitative estimate of drug-likeness (QED) is 0.773. The van der Waals surface area contributed by atoms with Crippen LogP contribution in [0.25, 0.3) is 0 Å². The summed E-state index contributed by atoms with van der Waals surface area (Å²) in [5.74, 6) is 0.387. The summed E-state index contributed by atoms with van der Waals surface area (Å²) in [5.41, 5.74) is 0.265. The standard InChI is InChI=1S/C13H22N2O/c1-12(5-4-6-12)9-15-10-14-13(11(15)16)7-2-3-8-13/h14H,2-10H2,1H3. The van der Waals surface area contributed by atoms with Crippen LogP contribution in [-0.2, 0) is 4.79 Å². The molecule has 1 aliphatic heterocycles. The first-order chi connectivity index (χ1) is 7.64. The van der Waals surface area contributed by atoms with E-state index in [-0.39, 0.29) is 5.54 Å². The first kappa shape index (κ1) is 10.6. The van der Waals surface area contributed by atoms with Gasteiger partial charge in [0, 0.05) is 6.54 Å². The van der Waals surface area contributed by atoms with Crippen molar-refractivity contribution in [2.45, 2.75) is 57.4 Å².